The van der Waals surface area contributed by atoms with Gasteiger partial charge >= 0.3 is 15.6 Å². The number of benzene rings is 1. The van der Waals surface area contributed by atoms with E-state index < -0.39 is 21.2 Å². The molecule has 0 saturated heterocycles. The third kappa shape index (κ3) is 4.26. The minimum atomic E-state index is -5.95. The van der Waals surface area contributed by atoms with Crippen LogP contribution in [0.15, 0.2) is 41.3 Å². The molecule has 0 atom stereocenters. The van der Waals surface area contributed by atoms with Gasteiger partial charge in [-0.05, 0) is 42.3 Å². The maximum Gasteiger partial charge on any atom is 0.536 e. The summed E-state index contributed by atoms with van der Waals surface area (Å²) in [4.78, 5) is 12.3. The van der Waals surface area contributed by atoms with Crippen molar-refractivity contribution >= 4 is 22.3 Å². The van der Waals surface area contributed by atoms with Crippen molar-refractivity contribution in [2.75, 3.05) is 7.11 Å². The number of aromatic nitrogens is 1. The number of hydrogen-bond donors (Lipinski definition) is 0. The second-order valence-corrected chi connectivity index (χ2v) is 6.64. The number of pyridine rings is 1. The molecule has 2 rings (SSSR count). The topological polar surface area (TPSA) is 74.6 Å². The van der Waals surface area contributed by atoms with Gasteiger partial charge in [0, 0.05) is 11.8 Å². The molecule has 1 heterocycles. The number of nitrogens with zero attached hydrogens (tertiary/aromatic N) is 1. The first-order chi connectivity index (χ1) is 12.0. The van der Waals surface area contributed by atoms with Gasteiger partial charge in [-0.3, -0.25) is 9.08 Å². The Morgan fingerprint density at radius 1 is 1.08 bits per heavy atom. The van der Waals surface area contributed by atoms with E-state index in [4.69, 9.17) is 4.74 Å². The maximum absolute atomic E-state index is 12.4. The zero-order chi connectivity index (χ0) is 19.5. The van der Waals surface area contributed by atoms with Crippen LogP contribution >= 0.6 is 0 Å². The van der Waals surface area contributed by atoms with Gasteiger partial charge in [-0.15, -0.1) is 4.73 Å². The molecule has 140 valence electrons. The van der Waals surface area contributed by atoms with E-state index in [0.717, 1.165) is 6.20 Å². The summed E-state index contributed by atoms with van der Waals surface area (Å²) in [6, 6.07) is 8.05. The highest BCUT2D eigenvalue weighted by Crippen LogP contribution is 2.22. The van der Waals surface area contributed by atoms with Gasteiger partial charge in [-0.25, -0.2) is 0 Å². The summed E-state index contributed by atoms with van der Waals surface area (Å²) >= 11 is 0. The summed E-state index contributed by atoms with van der Waals surface area (Å²) in [5.74, 6) is 0.631. The number of aryl methyl sites for hydroxylation is 1. The summed E-state index contributed by atoms with van der Waals surface area (Å²) in [7, 11) is -4.44. The summed E-state index contributed by atoms with van der Waals surface area (Å²) in [6.45, 7) is 1.55. The summed E-state index contributed by atoms with van der Waals surface area (Å²) in [5, 5.41) is 0. The second-order valence-electron chi connectivity index (χ2n) is 5.12. The zero-order valence-electron chi connectivity index (χ0n) is 13.6. The zero-order valence-corrected chi connectivity index (χ0v) is 14.5. The smallest absolute Gasteiger partial charge is 0.497 e. The maximum atomic E-state index is 12.4. The lowest BCUT2D eigenvalue weighted by molar-refractivity contribution is -0.0549. The largest absolute Gasteiger partial charge is 0.536 e. The SMILES string of the molecule is COc1ccc(C=Cc2c(C)ccn(OS(=O)(=O)C(F)(F)F)c2=O)cc1. The minimum absolute atomic E-state index is 0.0132. The number of rotatable bonds is 5. The van der Waals surface area contributed by atoms with Crippen molar-refractivity contribution in [3.8, 4) is 5.75 Å². The number of alkyl halides is 3. The van der Waals surface area contributed by atoms with Crippen molar-refractivity contribution < 1.29 is 30.6 Å². The van der Waals surface area contributed by atoms with Gasteiger partial charge in [-0.1, -0.05) is 18.2 Å². The van der Waals surface area contributed by atoms with Gasteiger partial charge < -0.3 is 4.74 Å². The molecule has 0 amide bonds. The van der Waals surface area contributed by atoms with Gasteiger partial charge in [0.25, 0.3) is 5.56 Å². The van der Waals surface area contributed by atoms with E-state index in [9.17, 15) is 26.4 Å². The lowest BCUT2D eigenvalue weighted by Gasteiger charge is -2.11. The molecule has 6 nitrogen and oxygen atoms in total. The third-order valence-corrected chi connectivity index (χ3v) is 4.26. The molecule has 26 heavy (non-hydrogen) atoms. The van der Waals surface area contributed by atoms with Gasteiger partial charge in [0.1, 0.15) is 5.75 Å². The van der Waals surface area contributed by atoms with Crippen LogP contribution in [0, 0.1) is 6.92 Å². The molecule has 0 radical (unpaired) electrons. The molecular formula is C16H14F3NO5S. The molecular weight excluding hydrogens is 375 g/mol. The summed E-state index contributed by atoms with van der Waals surface area (Å²) in [6.07, 6.45) is 3.72. The lowest BCUT2D eigenvalue weighted by atomic mass is 10.1. The van der Waals surface area contributed by atoms with Gasteiger partial charge in [0.05, 0.1) is 7.11 Å². The molecule has 0 saturated carbocycles. The number of halogens is 3. The van der Waals surface area contributed by atoms with Crippen LogP contribution in [0.3, 0.4) is 0 Å². The Labute approximate surface area is 147 Å². The molecule has 0 bridgehead atoms. The van der Waals surface area contributed by atoms with Crippen LogP contribution in [-0.4, -0.2) is 25.8 Å². The van der Waals surface area contributed by atoms with Crippen molar-refractivity contribution in [1.82, 2.24) is 4.73 Å². The van der Waals surface area contributed by atoms with Crippen molar-refractivity contribution in [3.05, 3.63) is 63.6 Å². The van der Waals surface area contributed by atoms with Crippen molar-refractivity contribution in [2.24, 2.45) is 0 Å². The van der Waals surface area contributed by atoms with Crippen LogP contribution in [0.25, 0.3) is 12.2 Å². The van der Waals surface area contributed by atoms with E-state index in [1.165, 1.54) is 19.3 Å². The Morgan fingerprint density at radius 3 is 2.23 bits per heavy atom. The molecule has 10 heteroatoms. The fourth-order valence-corrected chi connectivity index (χ4v) is 2.34. The van der Waals surface area contributed by atoms with Crippen molar-refractivity contribution in [2.45, 2.75) is 12.4 Å². The first kappa shape index (κ1) is 19.6. The van der Waals surface area contributed by atoms with Gasteiger partial charge in [0.2, 0.25) is 0 Å². The van der Waals surface area contributed by atoms with Crippen LogP contribution in [0.2, 0.25) is 0 Å². The minimum Gasteiger partial charge on any atom is -0.497 e. The quantitative estimate of drug-likeness (QED) is 0.735. The predicted molar refractivity (Wildman–Crippen MR) is 88.9 cm³/mol. The van der Waals surface area contributed by atoms with E-state index in [1.54, 1.807) is 37.3 Å². The molecule has 0 aliphatic rings. The molecule has 0 N–H and O–H groups in total. The van der Waals surface area contributed by atoms with E-state index >= 15 is 0 Å². The van der Waals surface area contributed by atoms with E-state index in [1.807, 2.05) is 0 Å². The number of ether oxygens (including phenoxy) is 1. The van der Waals surface area contributed by atoms with Crippen LogP contribution in [0.5, 0.6) is 5.75 Å². The van der Waals surface area contributed by atoms with E-state index in [2.05, 4.69) is 4.28 Å². The molecule has 1 aromatic heterocycles. The van der Waals surface area contributed by atoms with Crippen LogP contribution in [0.1, 0.15) is 16.7 Å². The molecule has 0 unspecified atom stereocenters. The lowest BCUT2D eigenvalue weighted by Crippen LogP contribution is -2.38. The molecule has 0 spiro atoms. The Balaban J connectivity index is 2.38. The summed E-state index contributed by atoms with van der Waals surface area (Å²) < 4.78 is 68.3. The fourth-order valence-electron chi connectivity index (χ4n) is 1.93. The molecule has 2 aromatic rings. The van der Waals surface area contributed by atoms with Gasteiger partial charge in [-0.2, -0.15) is 21.6 Å². The van der Waals surface area contributed by atoms with Crippen LogP contribution < -0.4 is 14.6 Å². The molecule has 0 aliphatic carbocycles. The molecule has 1 aromatic carbocycles. The monoisotopic (exact) mass is 389 g/mol. The first-order valence-corrected chi connectivity index (χ1v) is 8.51. The van der Waals surface area contributed by atoms with Crippen LogP contribution in [-0.2, 0) is 10.1 Å². The van der Waals surface area contributed by atoms with Crippen LogP contribution in [0.4, 0.5) is 13.2 Å². The summed E-state index contributed by atoms with van der Waals surface area (Å²) in [5.41, 5.74) is -5.56. The Morgan fingerprint density at radius 2 is 1.69 bits per heavy atom. The van der Waals surface area contributed by atoms with Gasteiger partial charge in [0.15, 0.2) is 0 Å². The highest BCUT2D eigenvalue weighted by Gasteiger charge is 2.49. The second kappa shape index (κ2) is 7.24. The van der Waals surface area contributed by atoms with Crippen molar-refractivity contribution in [3.63, 3.8) is 0 Å². The third-order valence-electron chi connectivity index (χ3n) is 3.34. The first-order valence-electron chi connectivity index (χ1n) is 7.11. The highest BCUT2D eigenvalue weighted by molar-refractivity contribution is 7.87. The highest BCUT2D eigenvalue weighted by atomic mass is 32.2. The number of hydrogen-bond acceptors (Lipinski definition) is 5. The fraction of sp³-hybridized carbons (Fsp3) is 0.188. The van der Waals surface area contributed by atoms with E-state index in [0.29, 0.717) is 16.9 Å². The Hall–Kier alpha value is -2.75. The normalized spacial score (nSPS) is 12.3. The standard InChI is InChI=1S/C16H14F3NO5S/c1-11-9-10-20(25-26(22,23)16(17,18)19)15(21)14(11)8-5-12-3-6-13(24-2)7-4-12/h3-10H,1-2H3. The predicted octanol–water partition coefficient (Wildman–Crippen LogP) is 2.61. The Bertz CT molecular complexity index is 976. The van der Waals surface area contributed by atoms with E-state index in [-0.39, 0.29) is 10.3 Å². The average molecular weight is 389 g/mol. The van der Waals surface area contributed by atoms with Crippen molar-refractivity contribution in [1.29, 1.82) is 0 Å². The average Bonchev–Trinajstić information content (AvgIpc) is 2.57. The molecule has 0 fully saturated rings. The number of methoxy groups -OCH3 is 1. The molecule has 0 aliphatic heterocycles. The Kier molecular flexibility index (Phi) is 5.45.